The van der Waals surface area contributed by atoms with E-state index in [4.69, 9.17) is 14.2 Å². The highest BCUT2D eigenvalue weighted by Crippen LogP contribution is 2.27. The molecule has 0 radical (unpaired) electrons. The fourth-order valence-electron chi connectivity index (χ4n) is 4.00. The Kier molecular flexibility index (Phi) is 9.31. The van der Waals surface area contributed by atoms with Crippen LogP contribution >= 0.6 is 11.3 Å². The molecule has 1 aliphatic heterocycles. The zero-order chi connectivity index (χ0) is 26.0. The molecule has 2 aromatic carbocycles. The van der Waals surface area contributed by atoms with Crippen LogP contribution in [-0.2, 0) is 22.6 Å². The van der Waals surface area contributed by atoms with Crippen molar-refractivity contribution in [3.8, 4) is 11.5 Å². The Bertz CT molecular complexity index is 1240. The number of nitrogens with one attached hydrogen (secondary N) is 2. The number of benzene rings is 2. The van der Waals surface area contributed by atoms with Gasteiger partial charge in [0.25, 0.3) is 11.8 Å². The maximum Gasteiger partial charge on any atom is 0.268 e. The number of rotatable bonds is 10. The molecule has 2 heterocycles. The van der Waals surface area contributed by atoms with E-state index >= 15 is 0 Å². The van der Waals surface area contributed by atoms with Crippen LogP contribution in [0.15, 0.2) is 65.7 Å². The van der Waals surface area contributed by atoms with E-state index in [0.717, 1.165) is 48.9 Å². The Morgan fingerprint density at radius 3 is 2.46 bits per heavy atom. The highest BCUT2D eigenvalue weighted by Gasteiger charge is 2.18. The minimum atomic E-state index is -0.424. The minimum Gasteiger partial charge on any atom is -0.493 e. The van der Waals surface area contributed by atoms with Crippen molar-refractivity contribution in [1.29, 1.82) is 0 Å². The van der Waals surface area contributed by atoms with Crippen LogP contribution < -0.4 is 20.1 Å². The SMILES string of the molecule is COc1ccc(C(=O)N/C(=C\c2cccs2)C(=O)NCc2ccccc2CN2CCOCC2)cc1OC. The summed E-state index contributed by atoms with van der Waals surface area (Å²) in [6, 6.07) is 16.7. The summed E-state index contributed by atoms with van der Waals surface area (Å²) in [7, 11) is 3.04. The van der Waals surface area contributed by atoms with Crippen molar-refractivity contribution >= 4 is 29.2 Å². The van der Waals surface area contributed by atoms with E-state index < -0.39 is 5.91 Å². The van der Waals surface area contributed by atoms with E-state index in [9.17, 15) is 9.59 Å². The molecule has 0 bridgehead atoms. The molecule has 0 atom stereocenters. The first-order valence-electron chi connectivity index (χ1n) is 12.0. The van der Waals surface area contributed by atoms with Crippen LogP contribution in [0.4, 0.5) is 0 Å². The van der Waals surface area contributed by atoms with Gasteiger partial charge in [0.1, 0.15) is 5.70 Å². The van der Waals surface area contributed by atoms with Gasteiger partial charge in [0.05, 0.1) is 27.4 Å². The Hall–Kier alpha value is -3.66. The maximum absolute atomic E-state index is 13.3. The predicted molar refractivity (Wildman–Crippen MR) is 144 cm³/mol. The zero-order valence-electron chi connectivity index (χ0n) is 21.0. The predicted octanol–water partition coefficient (Wildman–Crippen LogP) is 3.68. The Labute approximate surface area is 220 Å². The van der Waals surface area contributed by atoms with E-state index in [2.05, 4.69) is 21.6 Å². The standard InChI is InChI=1S/C28H31N3O5S/c1-34-25-10-9-20(16-26(25)35-2)27(32)30-24(17-23-8-5-15-37-23)28(33)29-18-21-6-3-4-7-22(21)19-31-11-13-36-14-12-31/h3-10,15-17H,11-14,18-19H2,1-2H3,(H,29,33)(H,30,32)/b24-17-. The lowest BCUT2D eigenvalue weighted by Crippen LogP contribution is -2.36. The Morgan fingerprint density at radius 2 is 1.76 bits per heavy atom. The zero-order valence-corrected chi connectivity index (χ0v) is 21.8. The quantitative estimate of drug-likeness (QED) is 0.396. The Morgan fingerprint density at radius 1 is 1.00 bits per heavy atom. The van der Waals surface area contributed by atoms with Gasteiger partial charge >= 0.3 is 0 Å². The normalized spacial score (nSPS) is 14.2. The number of amides is 2. The van der Waals surface area contributed by atoms with Crippen LogP contribution in [0, 0.1) is 0 Å². The average Bonchev–Trinajstić information content (AvgIpc) is 3.45. The summed E-state index contributed by atoms with van der Waals surface area (Å²) >= 11 is 1.48. The van der Waals surface area contributed by atoms with Crippen LogP contribution in [0.3, 0.4) is 0 Å². The summed E-state index contributed by atoms with van der Waals surface area (Å²) in [5, 5.41) is 7.67. The van der Waals surface area contributed by atoms with Gasteiger partial charge in [-0.25, -0.2) is 0 Å². The van der Waals surface area contributed by atoms with Crippen molar-refractivity contribution in [3.05, 3.63) is 87.2 Å². The number of hydrogen-bond donors (Lipinski definition) is 2. The number of thiophene rings is 1. The van der Waals surface area contributed by atoms with Crippen molar-refractivity contribution in [3.63, 3.8) is 0 Å². The first-order chi connectivity index (χ1) is 18.1. The van der Waals surface area contributed by atoms with Gasteiger partial charge in [-0.2, -0.15) is 0 Å². The summed E-state index contributed by atoms with van der Waals surface area (Å²) in [5.74, 6) is 0.150. The molecule has 4 rings (SSSR count). The second kappa shape index (κ2) is 13.0. The van der Waals surface area contributed by atoms with Crippen LogP contribution in [0.5, 0.6) is 11.5 Å². The van der Waals surface area contributed by atoms with Crippen molar-refractivity contribution in [2.24, 2.45) is 0 Å². The lowest BCUT2D eigenvalue weighted by molar-refractivity contribution is -0.117. The fourth-order valence-corrected chi connectivity index (χ4v) is 4.66. The highest BCUT2D eigenvalue weighted by molar-refractivity contribution is 7.10. The summed E-state index contributed by atoms with van der Waals surface area (Å²) in [5.41, 5.74) is 2.69. The Balaban J connectivity index is 1.48. The number of carbonyl (C=O) groups is 2. The van der Waals surface area contributed by atoms with Crippen LogP contribution in [-0.4, -0.2) is 57.2 Å². The molecule has 2 amide bonds. The monoisotopic (exact) mass is 521 g/mol. The van der Waals surface area contributed by atoms with Crippen LogP contribution in [0.1, 0.15) is 26.4 Å². The van der Waals surface area contributed by atoms with E-state index in [1.54, 1.807) is 24.3 Å². The molecule has 1 aromatic heterocycles. The molecular weight excluding hydrogens is 490 g/mol. The lowest BCUT2D eigenvalue weighted by atomic mass is 10.1. The molecular formula is C28H31N3O5S. The summed E-state index contributed by atoms with van der Waals surface area (Å²) in [6.07, 6.45) is 1.68. The number of carbonyl (C=O) groups excluding carboxylic acids is 2. The van der Waals surface area contributed by atoms with Gasteiger partial charge in [-0.3, -0.25) is 14.5 Å². The summed E-state index contributed by atoms with van der Waals surface area (Å²) < 4.78 is 16.0. The third kappa shape index (κ3) is 7.19. The van der Waals surface area contributed by atoms with E-state index in [-0.39, 0.29) is 11.6 Å². The van der Waals surface area contributed by atoms with Gasteiger partial charge in [-0.05, 0) is 46.8 Å². The van der Waals surface area contributed by atoms with Gasteiger partial charge in [0, 0.05) is 36.6 Å². The number of nitrogens with zero attached hydrogens (tertiary/aromatic N) is 1. The second-order valence-electron chi connectivity index (χ2n) is 8.44. The lowest BCUT2D eigenvalue weighted by Gasteiger charge is -2.27. The maximum atomic E-state index is 13.3. The molecule has 0 unspecified atom stereocenters. The molecule has 9 heteroatoms. The number of ether oxygens (including phenoxy) is 3. The number of hydrogen-bond acceptors (Lipinski definition) is 7. The largest absolute Gasteiger partial charge is 0.493 e. The molecule has 1 fully saturated rings. The first kappa shape index (κ1) is 26.4. The molecule has 2 N–H and O–H groups in total. The van der Waals surface area contributed by atoms with Crippen LogP contribution in [0.25, 0.3) is 6.08 Å². The van der Waals surface area contributed by atoms with Gasteiger partial charge in [0.2, 0.25) is 0 Å². The van der Waals surface area contributed by atoms with E-state index in [1.165, 1.54) is 25.6 Å². The van der Waals surface area contributed by atoms with Gasteiger partial charge < -0.3 is 24.8 Å². The fraction of sp³-hybridized carbons (Fsp3) is 0.286. The number of methoxy groups -OCH3 is 2. The van der Waals surface area contributed by atoms with Crippen molar-refractivity contribution in [2.45, 2.75) is 13.1 Å². The molecule has 37 heavy (non-hydrogen) atoms. The van der Waals surface area contributed by atoms with E-state index in [1.807, 2.05) is 35.7 Å². The number of morpholine rings is 1. The third-order valence-electron chi connectivity index (χ3n) is 6.02. The molecule has 1 saturated heterocycles. The summed E-state index contributed by atoms with van der Waals surface area (Å²) in [4.78, 5) is 29.5. The minimum absolute atomic E-state index is 0.160. The van der Waals surface area contributed by atoms with E-state index in [0.29, 0.717) is 23.6 Å². The molecule has 0 spiro atoms. The van der Waals surface area contributed by atoms with Gasteiger partial charge in [-0.1, -0.05) is 30.3 Å². The van der Waals surface area contributed by atoms with Crippen molar-refractivity contribution < 1.29 is 23.8 Å². The van der Waals surface area contributed by atoms with Crippen molar-refractivity contribution in [1.82, 2.24) is 15.5 Å². The topological polar surface area (TPSA) is 89.1 Å². The van der Waals surface area contributed by atoms with Crippen LogP contribution in [0.2, 0.25) is 0 Å². The van der Waals surface area contributed by atoms with Gasteiger partial charge in [-0.15, -0.1) is 11.3 Å². The van der Waals surface area contributed by atoms with Gasteiger partial charge in [0.15, 0.2) is 11.5 Å². The molecule has 194 valence electrons. The molecule has 0 saturated carbocycles. The second-order valence-corrected chi connectivity index (χ2v) is 9.42. The molecule has 8 nitrogen and oxygen atoms in total. The molecule has 3 aromatic rings. The average molecular weight is 522 g/mol. The van der Waals surface area contributed by atoms with Crippen molar-refractivity contribution in [2.75, 3.05) is 40.5 Å². The third-order valence-corrected chi connectivity index (χ3v) is 6.84. The smallest absolute Gasteiger partial charge is 0.268 e. The summed E-state index contributed by atoms with van der Waals surface area (Å²) in [6.45, 7) is 4.37. The first-order valence-corrected chi connectivity index (χ1v) is 12.9. The molecule has 1 aliphatic rings. The molecule has 0 aliphatic carbocycles. The highest BCUT2D eigenvalue weighted by atomic mass is 32.1.